The number of carbonyl (C=O) groups is 1. The Labute approximate surface area is 216 Å². The molecule has 190 valence electrons. The van der Waals surface area contributed by atoms with Gasteiger partial charge in [-0.05, 0) is 51.2 Å². The number of likely N-dealkylation sites (N-methyl/N-ethyl adjacent to an activating group) is 1. The SMILES string of the molecule is CCN(CC)CCn1c(NC(=O)c2cc(-c3c(C)nn(C)c3C)nc3ccccc23)nc2ccccc21. The Morgan fingerprint density at radius 2 is 1.68 bits per heavy atom. The minimum absolute atomic E-state index is 0.210. The van der Waals surface area contributed by atoms with Gasteiger partial charge in [0.25, 0.3) is 5.91 Å². The van der Waals surface area contributed by atoms with E-state index in [1.165, 1.54) is 0 Å². The lowest BCUT2D eigenvalue weighted by Crippen LogP contribution is -2.27. The van der Waals surface area contributed by atoms with Gasteiger partial charge in [-0.2, -0.15) is 5.10 Å². The monoisotopic (exact) mass is 495 g/mol. The zero-order chi connectivity index (χ0) is 26.1. The number of fused-ring (bicyclic) bond motifs is 2. The fraction of sp³-hybridized carbons (Fsp3) is 0.310. The standard InChI is InChI=1S/C29H33N7O/c1-6-35(7-2)16-17-36-26-15-11-10-14-24(26)31-29(36)32-28(37)22-18-25(27-19(3)33-34(5)20(27)4)30-23-13-9-8-12-21(22)23/h8-15,18H,6-7,16-17H2,1-5H3,(H,31,32,37). The molecule has 0 atom stereocenters. The molecule has 8 nitrogen and oxygen atoms in total. The van der Waals surface area contributed by atoms with Crippen LogP contribution >= 0.6 is 0 Å². The van der Waals surface area contributed by atoms with Crippen molar-refractivity contribution >= 4 is 33.8 Å². The number of hydrogen-bond donors (Lipinski definition) is 1. The molecule has 0 bridgehead atoms. The highest BCUT2D eigenvalue weighted by Crippen LogP contribution is 2.30. The van der Waals surface area contributed by atoms with Gasteiger partial charge < -0.3 is 9.47 Å². The van der Waals surface area contributed by atoms with E-state index in [2.05, 4.69) is 33.7 Å². The smallest absolute Gasteiger partial charge is 0.258 e. The van der Waals surface area contributed by atoms with Crippen LogP contribution in [0.3, 0.4) is 0 Å². The largest absolute Gasteiger partial charge is 0.309 e. The van der Waals surface area contributed by atoms with Crippen molar-refractivity contribution in [2.75, 3.05) is 25.0 Å². The number of rotatable bonds is 8. The van der Waals surface area contributed by atoms with Gasteiger partial charge in [0.05, 0.1) is 33.5 Å². The maximum Gasteiger partial charge on any atom is 0.258 e. The molecule has 8 heteroatoms. The minimum Gasteiger partial charge on any atom is -0.309 e. The number of pyridine rings is 1. The molecular formula is C29H33N7O. The Kier molecular flexibility index (Phi) is 6.76. The van der Waals surface area contributed by atoms with Crippen molar-refractivity contribution in [3.63, 3.8) is 0 Å². The van der Waals surface area contributed by atoms with Crippen LogP contribution < -0.4 is 5.32 Å². The fourth-order valence-corrected chi connectivity index (χ4v) is 4.98. The Bertz CT molecular complexity index is 1590. The molecule has 2 aromatic carbocycles. The zero-order valence-electron chi connectivity index (χ0n) is 22.1. The number of carbonyl (C=O) groups excluding carboxylic acids is 1. The van der Waals surface area contributed by atoms with Crippen molar-refractivity contribution in [1.29, 1.82) is 0 Å². The van der Waals surface area contributed by atoms with Gasteiger partial charge in [-0.1, -0.05) is 44.2 Å². The lowest BCUT2D eigenvalue weighted by atomic mass is 10.0. The second kappa shape index (κ2) is 10.1. The summed E-state index contributed by atoms with van der Waals surface area (Å²) in [6.07, 6.45) is 0. The number of amides is 1. The van der Waals surface area contributed by atoms with Crippen LogP contribution in [0.2, 0.25) is 0 Å². The fourth-order valence-electron chi connectivity index (χ4n) is 4.98. The summed E-state index contributed by atoms with van der Waals surface area (Å²) < 4.78 is 3.95. The van der Waals surface area contributed by atoms with Crippen molar-refractivity contribution in [3.8, 4) is 11.3 Å². The highest BCUT2D eigenvalue weighted by atomic mass is 16.1. The first-order valence-electron chi connectivity index (χ1n) is 12.8. The van der Waals surface area contributed by atoms with Crippen molar-refractivity contribution in [2.45, 2.75) is 34.2 Å². The number of imidazole rings is 1. The van der Waals surface area contributed by atoms with Crippen molar-refractivity contribution < 1.29 is 4.79 Å². The molecule has 0 spiro atoms. The Hall–Kier alpha value is -4.04. The summed E-state index contributed by atoms with van der Waals surface area (Å²) in [4.78, 5) is 25.9. The highest BCUT2D eigenvalue weighted by molar-refractivity contribution is 6.13. The van der Waals surface area contributed by atoms with E-state index in [0.29, 0.717) is 11.5 Å². The third-order valence-corrected chi connectivity index (χ3v) is 7.14. The van der Waals surface area contributed by atoms with Gasteiger partial charge in [-0.3, -0.25) is 14.8 Å². The molecule has 1 N–H and O–H groups in total. The van der Waals surface area contributed by atoms with E-state index in [1.54, 1.807) is 0 Å². The molecule has 0 unspecified atom stereocenters. The lowest BCUT2D eigenvalue weighted by Gasteiger charge is -2.19. The van der Waals surface area contributed by atoms with Crippen molar-refractivity contribution in [3.05, 3.63) is 71.5 Å². The molecule has 0 aliphatic rings. The van der Waals surface area contributed by atoms with Crippen molar-refractivity contribution in [1.82, 2.24) is 29.2 Å². The molecule has 3 heterocycles. The van der Waals surface area contributed by atoms with Crippen LogP contribution in [0, 0.1) is 13.8 Å². The van der Waals surface area contributed by atoms with E-state index in [9.17, 15) is 4.79 Å². The molecule has 0 saturated carbocycles. The average molecular weight is 496 g/mol. The molecule has 0 aliphatic heterocycles. The highest BCUT2D eigenvalue weighted by Gasteiger charge is 2.20. The van der Waals surface area contributed by atoms with E-state index < -0.39 is 0 Å². The summed E-state index contributed by atoms with van der Waals surface area (Å²) in [5, 5.41) is 8.48. The van der Waals surface area contributed by atoms with E-state index in [-0.39, 0.29) is 5.91 Å². The molecule has 1 amide bonds. The number of nitrogens with one attached hydrogen (secondary N) is 1. The van der Waals surface area contributed by atoms with E-state index in [0.717, 1.165) is 70.8 Å². The average Bonchev–Trinajstić information content (AvgIpc) is 3.38. The number of anilines is 1. The maximum atomic E-state index is 13.8. The van der Waals surface area contributed by atoms with E-state index >= 15 is 0 Å². The van der Waals surface area contributed by atoms with Gasteiger partial charge in [-0.15, -0.1) is 0 Å². The number of nitrogens with zero attached hydrogens (tertiary/aromatic N) is 6. The van der Waals surface area contributed by atoms with E-state index in [1.807, 2.05) is 80.2 Å². The quantitative estimate of drug-likeness (QED) is 0.320. The molecule has 5 rings (SSSR count). The Balaban J connectivity index is 1.57. The van der Waals surface area contributed by atoms with Gasteiger partial charge in [0.1, 0.15) is 0 Å². The molecule has 37 heavy (non-hydrogen) atoms. The van der Waals surface area contributed by atoms with Crippen molar-refractivity contribution in [2.24, 2.45) is 7.05 Å². The van der Waals surface area contributed by atoms with Crippen LogP contribution in [-0.4, -0.2) is 54.8 Å². The van der Waals surface area contributed by atoms with Gasteiger partial charge in [-0.25, -0.2) is 9.97 Å². The summed E-state index contributed by atoms with van der Waals surface area (Å²) in [5.74, 6) is 0.341. The van der Waals surface area contributed by atoms with Crippen LogP contribution in [0.4, 0.5) is 5.95 Å². The Morgan fingerprint density at radius 3 is 2.38 bits per heavy atom. The zero-order valence-corrected chi connectivity index (χ0v) is 22.1. The summed E-state index contributed by atoms with van der Waals surface area (Å²) in [6, 6.07) is 17.6. The van der Waals surface area contributed by atoms with Crippen LogP contribution in [0.25, 0.3) is 33.2 Å². The molecule has 3 aromatic heterocycles. The molecule has 0 fully saturated rings. The first kappa shape index (κ1) is 24.6. The van der Waals surface area contributed by atoms with Gasteiger partial charge in [0, 0.05) is 36.8 Å². The lowest BCUT2D eigenvalue weighted by molar-refractivity contribution is 0.102. The molecule has 0 radical (unpaired) electrons. The maximum absolute atomic E-state index is 13.8. The second-order valence-corrected chi connectivity index (χ2v) is 9.30. The Morgan fingerprint density at radius 1 is 0.973 bits per heavy atom. The van der Waals surface area contributed by atoms with Crippen LogP contribution in [-0.2, 0) is 13.6 Å². The van der Waals surface area contributed by atoms with E-state index in [4.69, 9.17) is 9.97 Å². The predicted octanol–water partition coefficient (Wildman–Crippen LogP) is 5.20. The molecular weight excluding hydrogens is 462 g/mol. The first-order valence-corrected chi connectivity index (χ1v) is 12.8. The first-order chi connectivity index (χ1) is 17.9. The second-order valence-electron chi connectivity index (χ2n) is 9.30. The third-order valence-electron chi connectivity index (χ3n) is 7.14. The number of benzene rings is 2. The van der Waals surface area contributed by atoms with Crippen LogP contribution in [0.1, 0.15) is 35.6 Å². The van der Waals surface area contributed by atoms with Gasteiger partial charge >= 0.3 is 0 Å². The minimum atomic E-state index is -0.210. The third kappa shape index (κ3) is 4.60. The summed E-state index contributed by atoms with van der Waals surface area (Å²) in [6.45, 7) is 11.9. The molecule has 5 aromatic rings. The molecule has 0 aliphatic carbocycles. The number of aromatic nitrogens is 5. The number of para-hydroxylation sites is 3. The molecule has 0 saturated heterocycles. The van der Waals surface area contributed by atoms with Gasteiger partial charge in [0.2, 0.25) is 5.95 Å². The van der Waals surface area contributed by atoms with Crippen LogP contribution in [0.5, 0.6) is 0 Å². The predicted molar refractivity (Wildman–Crippen MR) is 149 cm³/mol. The summed E-state index contributed by atoms with van der Waals surface area (Å²) >= 11 is 0. The number of hydrogen-bond acceptors (Lipinski definition) is 5. The van der Waals surface area contributed by atoms with Gasteiger partial charge in [0.15, 0.2) is 0 Å². The number of aryl methyl sites for hydroxylation is 2. The normalized spacial score (nSPS) is 11.6. The summed E-state index contributed by atoms with van der Waals surface area (Å²) in [5.41, 5.74) is 6.77. The topological polar surface area (TPSA) is 80.9 Å². The summed E-state index contributed by atoms with van der Waals surface area (Å²) in [7, 11) is 1.92. The van der Waals surface area contributed by atoms with Crippen LogP contribution in [0.15, 0.2) is 54.6 Å².